The predicted octanol–water partition coefficient (Wildman–Crippen LogP) is 1.43. The van der Waals surface area contributed by atoms with Gasteiger partial charge in [0.15, 0.2) is 0 Å². The Hall–Kier alpha value is -1.93. The highest BCUT2D eigenvalue weighted by molar-refractivity contribution is 7.09. The average Bonchev–Trinajstić information content (AvgIpc) is 3.19. The van der Waals surface area contributed by atoms with Crippen LogP contribution < -0.4 is 5.32 Å². The molecule has 0 aromatic carbocycles. The van der Waals surface area contributed by atoms with Gasteiger partial charge < -0.3 is 19.5 Å². The summed E-state index contributed by atoms with van der Waals surface area (Å²) < 4.78 is 7.45. The van der Waals surface area contributed by atoms with E-state index in [1.165, 1.54) is 0 Å². The van der Waals surface area contributed by atoms with Gasteiger partial charge in [0.1, 0.15) is 11.0 Å². The summed E-state index contributed by atoms with van der Waals surface area (Å²) in [6.45, 7) is 4.88. The van der Waals surface area contributed by atoms with Crippen LogP contribution in [0.1, 0.15) is 16.7 Å². The van der Waals surface area contributed by atoms with E-state index in [0.717, 1.165) is 10.7 Å². The zero-order valence-electron chi connectivity index (χ0n) is 12.4. The molecule has 118 valence electrons. The van der Waals surface area contributed by atoms with Crippen molar-refractivity contribution in [1.82, 2.24) is 24.8 Å². The largest absolute Gasteiger partial charge is 0.377 e. The van der Waals surface area contributed by atoms with Gasteiger partial charge in [-0.3, -0.25) is 0 Å². The molecule has 8 heteroatoms. The second-order valence-electron chi connectivity index (χ2n) is 5.14. The summed E-state index contributed by atoms with van der Waals surface area (Å²) in [6.07, 6.45) is 5.34. The highest BCUT2D eigenvalue weighted by Gasteiger charge is 2.30. The Morgan fingerprint density at radius 1 is 1.59 bits per heavy atom. The summed E-state index contributed by atoms with van der Waals surface area (Å²) >= 11 is 1.57. The van der Waals surface area contributed by atoms with Crippen LogP contribution >= 0.6 is 11.3 Å². The number of rotatable bonds is 4. The Bertz CT molecular complexity index is 613. The van der Waals surface area contributed by atoms with Gasteiger partial charge in [0.25, 0.3) is 0 Å². The maximum absolute atomic E-state index is 12.4. The lowest BCUT2D eigenvalue weighted by Gasteiger charge is -2.34. The number of imidazole rings is 1. The molecule has 0 spiro atoms. The minimum Gasteiger partial charge on any atom is -0.377 e. The fourth-order valence-electron chi connectivity index (χ4n) is 2.39. The summed E-state index contributed by atoms with van der Waals surface area (Å²) in [6, 6.07) is -0.165. The molecule has 2 amide bonds. The van der Waals surface area contributed by atoms with Crippen molar-refractivity contribution in [1.29, 1.82) is 0 Å². The lowest BCUT2D eigenvalue weighted by molar-refractivity contribution is 0.0115. The summed E-state index contributed by atoms with van der Waals surface area (Å²) in [5, 5.41) is 5.89. The first kappa shape index (κ1) is 15.0. The van der Waals surface area contributed by atoms with Crippen LogP contribution in [-0.4, -0.2) is 51.8 Å². The van der Waals surface area contributed by atoms with E-state index < -0.39 is 0 Å². The first-order chi connectivity index (χ1) is 10.7. The van der Waals surface area contributed by atoms with E-state index in [0.29, 0.717) is 32.8 Å². The van der Waals surface area contributed by atoms with E-state index in [4.69, 9.17) is 4.74 Å². The molecule has 1 aliphatic heterocycles. The number of ether oxygens (including phenoxy) is 1. The van der Waals surface area contributed by atoms with Gasteiger partial charge in [-0.1, -0.05) is 0 Å². The van der Waals surface area contributed by atoms with Crippen molar-refractivity contribution in [2.24, 2.45) is 0 Å². The van der Waals surface area contributed by atoms with Crippen LogP contribution in [0.25, 0.3) is 0 Å². The summed E-state index contributed by atoms with van der Waals surface area (Å²) in [7, 11) is 0. The molecule has 0 aliphatic carbocycles. The quantitative estimate of drug-likeness (QED) is 0.925. The average molecular weight is 321 g/mol. The van der Waals surface area contributed by atoms with E-state index in [-0.39, 0.29) is 12.1 Å². The zero-order chi connectivity index (χ0) is 15.4. The minimum absolute atomic E-state index is 0.0683. The molecule has 1 N–H and O–H groups in total. The van der Waals surface area contributed by atoms with Crippen molar-refractivity contribution in [2.45, 2.75) is 19.5 Å². The minimum atomic E-state index is -0.0966. The van der Waals surface area contributed by atoms with Crippen LogP contribution in [0.3, 0.4) is 0 Å². The number of nitrogens with zero attached hydrogens (tertiary/aromatic N) is 4. The number of aryl methyl sites for hydroxylation is 1. The number of hydrogen-bond donors (Lipinski definition) is 1. The highest BCUT2D eigenvalue weighted by atomic mass is 32.1. The maximum Gasteiger partial charge on any atom is 0.318 e. The highest BCUT2D eigenvalue weighted by Crippen LogP contribution is 2.26. The summed E-state index contributed by atoms with van der Waals surface area (Å²) in [5.41, 5.74) is 0.978. The van der Waals surface area contributed by atoms with Crippen molar-refractivity contribution in [3.63, 3.8) is 0 Å². The number of carbonyl (C=O) groups excluding carboxylic acids is 1. The topological polar surface area (TPSA) is 72.3 Å². The standard InChI is InChI=1S/C14H19N5O2S/c1-11-9-22-13(17-11)12-8-21-7-6-19(12)14(20)16-3-5-18-4-2-15-10-18/h2,4,9-10,12H,3,5-8H2,1H3,(H,16,20)/t12-/m1/s1. The number of nitrogens with one attached hydrogen (secondary N) is 1. The molecule has 2 aromatic heterocycles. The molecule has 22 heavy (non-hydrogen) atoms. The Morgan fingerprint density at radius 3 is 3.23 bits per heavy atom. The van der Waals surface area contributed by atoms with E-state index in [9.17, 15) is 4.79 Å². The Kier molecular flexibility index (Phi) is 4.69. The lowest BCUT2D eigenvalue weighted by Crippen LogP contribution is -2.48. The van der Waals surface area contributed by atoms with E-state index >= 15 is 0 Å². The molecule has 3 heterocycles. The number of aromatic nitrogens is 3. The molecule has 0 saturated carbocycles. The van der Waals surface area contributed by atoms with Gasteiger partial charge >= 0.3 is 6.03 Å². The molecule has 7 nitrogen and oxygen atoms in total. The molecular formula is C14H19N5O2S. The van der Waals surface area contributed by atoms with E-state index in [1.807, 2.05) is 28.0 Å². The normalized spacial score (nSPS) is 18.4. The molecule has 1 saturated heterocycles. The van der Waals surface area contributed by atoms with Gasteiger partial charge in [-0.05, 0) is 6.92 Å². The Balaban J connectivity index is 1.59. The zero-order valence-corrected chi connectivity index (χ0v) is 13.3. The van der Waals surface area contributed by atoms with Crippen LogP contribution in [0.2, 0.25) is 0 Å². The van der Waals surface area contributed by atoms with Crippen LogP contribution in [0, 0.1) is 6.92 Å². The third kappa shape index (κ3) is 3.45. The van der Waals surface area contributed by atoms with Gasteiger partial charge in [-0.15, -0.1) is 11.3 Å². The van der Waals surface area contributed by atoms with Gasteiger partial charge in [-0.2, -0.15) is 0 Å². The van der Waals surface area contributed by atoms with E-state index in [1.54, 1.807) is 23.9 Å². The van der Waals surface area contributed by atoms with Crippen molar-refractivity contribution in [2.75, 3.05) is 26.3 Å². The molecule has 1 aliphatic rings. The molecule has 0 bridgehead atoms. The number of thiazole rings is 1. The molecule has 1 fully saturated rings. The lowest BCUT2D eigenvalue weighted by atomic mass is 10.2. The fourth-order valence-corrected chi connectivity index (χ4v) is 3.28. The van der Waals surface area contributed by atoms with Gasteiger partial charge in [0.2, 0.25) is 0 Å². The monoisotopic (exact) mass is 321 g/mol. The fraction of sp³-hybridized carbons (Fsp3) is 0.500. The van der Waals surface area contributed by atoms with Crippen LogP contribution in [0.4, 0.5) is 4.79 Å². The first-order valence-electron chi connectivity index (χ1n) is 7.24. The van der Waals surface area contributed by atoms with Crippen molar-refractivity contribution in [3.8, 4) is 0 Å². The van der Waals surface area contributed by atoms with E-state index in [2.05, 4.69) is 15.3 Å². The van der Waals surface area contributed by atoms with Crippen LogP contribution in [0.5, 0.6) is 0 Å². The first-order valence-corrected chi connectivity index (χ1v) is 8.12. The molecule has 2 aromatic rings. The predicted molar refractivity (Wildman–Crippen MR) is 82.7 cm³/mol. The maximum atomic E-state index is 12.4. The summed E-state index contributed by atoms with van der Waals surface area (Å²) in [4.78, 5) is 22.7. The second-order valence-corrected chi connectivity index (χ2v) is 6.03. The van der Waals surface area contributed by atoms with Gasteiger partial charge in [0, 0.05) is 43.1 Å². The van der Waals surface area contributed by atoms with Gasteiger partial charge in [0.05, 0.1) is 19.5 Å². The molecular weight excluding hydrogens is 302 g/mol. The number of urea groups is 1. The number of amides is 2. The molecule has 0 radical (unpaired) electrons. The van der Waals surface area contributed by atoms with Gasteiger partial charge in [-0.25, -0.2) is 14.8 Å². The Labute approximate surface area is 132 Å². The SMILES string of the molecule is Cc1csc([C@H]2COCCN2C(=O)NCCn2ccnc2)n1. The summed E-state index contributed by atoms with van der Waals surface area (Å²) in [5.74, 6) is 0. The third-order valence-electron chi connectivity index (χ3n) is 3.52. The van der Waals surface area contributed by atoms with Crippen LogP contribution in [0.15, 0.2) is 24.1 Å². The number of morpholine rings is 1. The molecule has 3 rings (SSSR count). The van der Waals surface area contributed by atoms with Crippen LogP contribution in [-0.2, 0) is 11.3 Å². The Morgan fingerprint density at radius 2 is 2.50 bits per heavy atom. The van der Waals surface area contributed by atoms with Crippen molar-refractivity contribution in [3.05, 3.63) is 34.8 Å². The molecule has 1 atom stereocenters. The van der Waals surface area contributed by atoms with Crippen molar-refractivity contribution >= 4 is 17.4 Å². The smallest absolute Gasteiger partial charge is 0.318 e. The second kappa shape index (κ2) is 6.89. The molecule has 0 unspecified atom stereocenters. The number of hydrogen-bond acceptors (Lipinski definition) is 5. The van der Waals surface area contributed by atoms with Crippen molar-refractivity contribution < 1.29 is 9.53 Å². The number of carbonyl (C=O) groups is 1. The third-order valence-corrected chi connectivity index (χ3v) is 4.58.